The Bertz CT molecular complexity index is 1640. The number of hydrogen-bond donors (Lipinski definition) is 2. The highest BCUT2D eigenvalue weighted by Gasteiger charge is 2.34. The first-order valence-electron chi connectivity index (χ1n) is 10.8. The number of H-pyrrole nitrogens is 1. The molecule has 0 atom stereocenters. The maximum atomic E-state index is 13.6. The number of imidazole rings is 2. The van der Waals surface area contributed by atoms with Gasteiger partial charge in [-0.15, -0.1) is 0 Å². The molecule has 7 nitrogen and oxygen atoms in total. The van der Waals surface area contributed by atoms with E-state index in [-0.39, 0.29) is 28.9 Å². The molecule has 38 heavy (non-hydrogen) atoms. The van der Waals surface area contributed by atoms with Crippen LogP contribution in [0.1, 0.15) is 11.3 Å². The number of rotatable bonds is 5. The van der Waals surface area contributed by atoms with Crippen LogP contribution < -0.4 is 10.1 Å². The van der Waals surface area contributed by atoms with Crippen molar-refractivity contribution in [3.8, 4) is 23.0 Å². The second-order valence-electron chi connectivity index (χ2n) is 8.08. The Morgan fingerprint density at radius 3 is 2.37 bits per heavy atom. The standard InChI is InChI=1S/C24H15F7N6O/c1-37-19-5-3-13(38-14-6-7-32-18(10-14)21-33-11-20(36-21)24(29,30)31)9-17(19)35-22(37)34-12-2-4-16(25)15(8-12)23(26,27)28/h2-11H,1H3,(H,33,36)(H,34,35). The average molecular weight is 536 g/mol. The van der Waals surface area contributed by atoms with Crippen LogP contribution in [0.4, 0.5) is 42.4 Å². The number of alkyl halides is 6. The summed E-state index contributed by atoms with van der Waals surface area (Å²) in [4.78, 5) is 14.3. The predicted octanol–water partition coefficient (Wildman–Crippen LogP) is 7.07. The van der Waals surface area contributed by atoms with E-state index in [1.165, 1.54) is 18.3 Å². The molecule has 3 aromatic heterocycles. The van der Waals surface area contributed by atoms with Crippen molar-refractivity contribution in [3.05, 3.63) is 78.0 Å². The molecule has 0 radical (unpaired) electrons. The summed E-state index contributed by atoms with van der Waals surface area (Å²) in [5, 5.41) is 2.75. The van der Waals surface area contributed by atoms with Gasteiger partial charge in [0.2, 0.25) is 5.95 Å². The number of anilines is 2. The van der Waals surface area contributed by atoms with Gasteiger partial charge in [-0.1, -0.05) is 0 Å². The first-order chi connectivity index (χ1) is 17.9. The smallest absolute Gasteiger partial charge is 0.432 e. The fraction of sp³-hybridized carbons (Fsp3) is 0.125. The van der Waals surface area contributed by atoms with Crippen molar-refractivity contribution >= 4 is 22.7 Å². The first kappa shape index (κ1) is 25.0. The van der Waals surface area contributed by atoms with E-state index in [0.717, 1.165) is 12.1 Å². The van der Waals surface area contributed by atoms with Crippen molar-refractivity contribution in [2.75, 3.05) is 5.32 Å². The van der Waals surface area contributed by atoms with Gasteiger partial charge in [0.15, 0.2) is 5.82 Å². The topological polar surface area (TPSA) is 80.7 Å². The van der Waals surface area contributed by atoms with Crippen LogP contribution in [0.2, 0.25) is 0 Å². The monoisotopic (exact) mass is 536 g/mol. The van der Waals surface area contributed by atoms with Gasteiger partial charge in [-0.2, -0.15) is 26.3 Å². The van der Waals surface area contributed by atoms with Gasteiger partial charge in [0.05, 0.1) is 22.8 Å². The molecule has 0 saturated carbocycles. The summed E-state index contributed by atoms with van der Waals surface area (Å²) >= 11 is 0. The van der Waals surface area contributed by atoms with Crippen molar-refractivity contribution < 1.29 is 35.5 Å². The number of halogens is 7. The van der Waals surface area contributed by atoms with Crippen LogP contribution >= 0.6 is 0 Å². The van der Waals surface area contributed by atoms with E-state index in [1.807, 2.05) is 0 Å². The largest absolute Gasteiger partial charge is 0.457 e. The number of fused-ring (bicyclic) bond motifs is 1. The molecule has 0 unspecified atom stereocenters. The van der Waals surface area contributed by atoms with Gasteiger partial charge in [0.1, 0.15) is 28.7 Å². The Kier molecular flexibility index (Phi) is 5.96. The molecule has 0 bridgehead atoms. The van der Waals surface area contributed by atoms with Crippen LogP contribution in [0.5, 0.6) is 11.5 Å². The molecule has 0 aliphatic rings. The fourth-order valence-corrected chi connectivity index (χ4v) is 3.64. The summed E-state index contributed by atoms with van der Waals surface area (Å²) in [6.07, 6.45) is -7.42. The lowest BCUT2D eigenvalue weighted by Crippen LogP contribution is -2.09. The molecule has 0 saturated heterocycles. The van der Waals surface area contributed by atoms with E-state index in [1.54, 1.807) is 29.8 Å². The van der Waals surface area contributed by atoms with Gasteiger partial charge in [-0.25, -0.2) is 14.4 Å². The third kappa shape index (κ3) is 4.96. The number of ether oxygens (including phenoxy) is 1. The molecule has 5 rings (SSSR count). The summed E-state index contributed by atoms with van der Waals surface area (Å²) < 4.78 is 98.7. The van der Waals surface area contributed by atoms with E-state index in [9.17, 15) is 30.7 Å². The van der Waals surface area contributed by atoms with E-state index < -0.39 is 29.4 Å². The second kappa shape index (κ2) is 9.04. The molecule has 5 aromatic rings. The fourth-order valence-electron chi connectivity index (χ4n) is 3.64. The molecule has 2 N–H and O–H groups in total. The number of aromatic nitrogens is 5. The zero-order valence-corrected chi connectivity index (χ0v) is 19.1. The normalized spacial score (nSPS) is 12.2. The van der Waals surface area contributed by atoms with Crippen LogP contribution in [0, 0.1) is 5.82 Å². The summed E-state index contributed by atoms with van der Waals surface area (Å²) in [5.41, 5.74) is -1.26. The van der Waals surface area contributed by atoms with Gasteiger partial charge in [-0.05, 0) is 36.4 Å². The summed E-state index contributed by atoms with van der Waals surface area (Å²) in [7, 11) is 1.64. The zero-order valence-electron chi connectivity index (χ0n) is 19.1. The predicted molar refractivity (Wildman–Crippen MR) is 122 cm³/mol. The summed E-state index contributed by atoms with van der Waals surface area (Å²) in [6.45, 7) is 0. The first-order valence-corrected chi connectivity index (χ1v) is 10.8. The number of nitrogens with one attached hydrogen (secondary N) is 2. The quantitative estimate of drug-likeness (QED) is 0.235. The van der Waals surface area contributed by atoms with Crippen molar-refractivity contribution in [1.29, 1.82) is 0 Å². The van der Waals surface area contributed by atoms with Crippen LogP contribution in [0.25, 0.3) is 22.6 Å². The highest BCUT2D eigenvalue weighted by molar-refractivity contribution is 5.81. The third-order valence-electron chi connectivity index (χ3n) is 5.47. The number of hydrogen-bond acceptors (Lipinski definition) is 5. The molecule has 0 amide bonds. The lowest BCUT2D eigenvalue weighted by Gasteiger charge is -2.11. The molecule has 2 aromatic carbocycles. The van der Waals surface area contributed by atoms with Crippen molar-refractivity contribution in [2.45, 2.75) is 12.4 Å². The summed E-state index contributed by atoms with van der Waals surface area (Å²) in [5.74, 6) is -0.688. The molecular formula is C24H15F7N6O. The molecule has 0 aliphatic heterocycles. The average Bonchev–Trinajstić information content (AvgIpc) is 3.46. The van der Waals surface area contributed by atoms with Crippen LogP contribution in [0.3, 0.4) is 0 Å². The Hall–Kier alpha value is -4.62. The third-order valence-corrected chi connectivity index (χ3v) is 5.47. The minimum atomic E-state index is -4.86. The van der Waals surface area contributed by atoms with Crippen molar-refractivity contribution in [1.82, 2.24) is 24.5 Å². The van der Waals surface area contributed by atoms with E-state index >= 15 is 0 Å². The van der Waals surface area contributed by atoms with Crippen LogP contribution in [0.15, 0.2) is 60.9 Å². The molecule has 3 heterocycles. The van der Waals surface area contributed by atoms with Crippen LogP contribution in [-0.4, -0.2) is 24.5 Å². The lowest BCUT2D eigenvalue weighted by atomic mass is 10.2. The van der Waals surface area contributed by atoms with E-state index in [2.05, 4.69) is 25.3 Å². The molecular weight excluding hydrogens is 521 g/mol. The molecule has 0 spiro atoms. The van der Waals surface area contributed by atoms with Crippen LogP contribution in [-0.2, 0) is 19.4 Å². The number of benzene rings is 2. The SMILES string of the molecule is Cn1c(Nc2ccc(F)c(C(F)(F)F)c2)nc2cc(Oc3ccnc(-c4ncc(C(F)(F)F)[nH]4)c3)ccc21. The lowest BCUT2D eigenvalue weighted by molar-refractivity contribution is -0.141. The second-order valence-corrected chi connectivity index (χ2v) is 8.08. The van der Waals surface area contributed by atoms with Gasteiger partial charge in [-0.3, -0.25) is 4.98 Å². The Morgan fingerprint density at radius 2 is 1.66 bits per heavy atom. The molecule has 0 fully saturated rings. The Balaban J connectivity index is 1.39. The zero-order chi connectivity index (χ0) is 27.2. The number of nitrogens with zero attached hydrogens (tertiary/aromatic N) is 4. The maximum Gasteiger partial charge on any atom is 0.432 e. The Morgan fingerprint density at radius 1 is 0.895 bits per heavy atom. The van der Waals surface area contributed by atoms with E-state index in [0.29, 0.717) is 29.0 Å². The van der Waals surface area contributed by atoms with Gasteiger partial charge >= 0.3 is 12.4 Å². The van der Waals surface area contributed by atoms with Gasteiger partial charge in [0, 0.05) is 31.1 Å². The highest BCUT2D eigenvalue weighted by Crippen LogP contribution is 2.35. The number of pyridine rings is 1. The van der Waals surface area contributed by atoms with Crippen molar-refractivity contribution in [2.24, 2.45) is 7.05 Å². The maximum absolute atomic E-state index is 13.6. The molecule has 14 heteroatoms. The summed E-state index contributed by atoms with van der Waals surface area (Å²) in [6, 6.07) is 10.3. The molecule has 0 aliphatic carbocycles. The minimum absolute atomic E-state index is 0.00970. The Labute approximate surface area is 208 Å². The van der Waals surface area contributed by atoms with Gasteiger partial charge in [0.25, 0.3) is 0 Å². The van der Waals surface area contributed by atoms with Gasteiger partial charge < -0.3 is 19.6 Å². The molecule has 196 valence electrons. The number of aromatic amines is 1. The minimum Gasteiger partial charge on any atom is -0.457 e. The highest BCUT2D eigenvalue weighted by atomic mass is 19.4. The van der Waals surface area contributed by atoms with Crippen molar-refractivity contribution in [3.63, 3.8) is 0 Å². The van der Waals surface area contributed by atoms with E-state index in [4.69, 9.17) is 4.74 Å². The number of aryl methyl sites for hydroxylation is 1.